The second-order valence-electron chi connectivity index (χ2n) is 7.86. The van der Waals surface area contributed by atoms with E-state index in [9.17, 15) is 9.59 Å². The first-order valence-electron chi connectivity index (χ1n) is 11.1. The van der Waals surface area contributed by atoms with Gasteiger partial charge in [-0.05, 0) is 61.4 Å². The number of amidine groups is 2. The largest absolute Gasteiger partial charge is 0.494 e. The highest BCUT2D eigenvalue weighted by atomic mass is 16.5. The van der Waals surface area contributed by atoms with Crippen LogP contribution in [-0.4, -0.2) is 72.7 Å². The molecule has 0 unspecified atom stereocenters. The van der Waals surface area contributed by atoms with E-state index in [1.165, 1.54) is 0 Å². The number of hydrogen-bond donors (Lipinski definition) is 4. The Bertz CT molecular complexity index is 939. The van der Waals surface area contributed by atoms with Crippen LogP contribution in [-0.2, 0) is 9.59 Å². The smallest absolute Gasteiger partial charge is 0.312 e. The molecule has 0 bridgehead atoms. The first-order valence-corrected chi connectivity index (χ1v) is 11.1. The highest BCUT2D eigenvalue weighted by molar-refractivity contribution is 6.35. The lowest BCUT2D eigenvalue weighted by Gasteiger charge is -2.33. The number of benzene rings is 2. The fourth-order valence-electron chi connectivity index (χ4n) is 3.49. The Morgan fingerprint density at radius 2 is 1.06 bits per heavy atom. The molecule has 2 aromatic rings. The molecule has 2 amide bonds. The van der Waals surface area contributed by atoms with Crippen LogP contribution >= 0.6 is 0 Å². The number of piperazine rings is 1. The summed E-state index contributed by atoms with van der Waals surface area (Å²) in [5.74, 6) is 0.350. The lowest BCUT2D eigenvalue weighted by atomic mass is 10.2. The standard InChI is InChI=1S/C24H30N6O4/c25-21(26)17-3-7-19(8-4-17)33-15-1-11-29-13-14-30(24(32)23(29)31)12-2-16-34-20-9-5-18(6-10-20)22(27)28/h3-10H,1-2,11-16H2,(H3,25,26)(H3,27,28). The fourth-order valence-corrected chi connectivity index (χ4v) is 3.49. The minimum absolute atomic E-state index is 0.00170. The van der Waals surface area contributed by atoms with Crippen molar-refractivity contribution in [1.82, 2.24) is 9.80 Å². The summed E-state index contributed by atoms with van der Waals surface area (Å²) >= 11 is 0. The highest BCUT2D eigenvalue weighted by Gasteiger charge is 2.31. The Balaban J connectivity index is 1.33. The number of amides is 2. The minimum atomic E-state index is -0.488. The number of rotatable bonds is 12. The molecule has 10 nitrogen and oxygen atoms in total. The molecule has 0 aliphatic carbocycles. The molecule has 10 heteroatoms. The van der Waals surface area contributed by atoms with Crippen molar-refractivity contribution in [3.8, 4) is 11.5 Å². The lowest BCUT2D eigenvalue weighted by molar-refractivity contribution is -0.156. The van der Waals surface area contributed by atoms with E-state index in [0.717, 1.165) is 0 Å². The SMILES string of the molecule is N=C(N)c1ccc(OCCCN2CCN(CCCOc3ccc(C(=N)N)cc3)C(=O)C2=O)cc1. The zero-order chi connectivity index (χ0) is 24.5. The van der Waals surface area contributed by atoms with Crippen molar-refractivity contribution in [1.29, 1.82) is 10.8 Å². The van der Waals surface area contributed by atoms with Crippen molar-refractivity contribution in [3.05, 3.63) is 59.7 Å². The van der Waals surface area contributed by atoms with Gasteiger partial charge in [-0.25, -0.2) is 0 Å². The molecule has 1 aliphatic rings. The first kappa shape index (κ1) is 24.6. The molecule has 180 valence electrons. The molecule has 6 N–H and O–H groups in total. The summed E-state index contributed by atoms with van der Waals surface area (Å²) in [5.41, 5.74) is 12.1. The van der Waals surface area contributed by atoms with Crippen LogP contribution in [0.4, 0.5) is 0 Å². The topological polar surface area (TPSA) is 159 Å². The summed E-state index contributed by atoms with van der Waals surface area (Å²) in [5, 5.41) is 14.8. The predicted molar refractivity (Wildman–Crippen MR) is 128 cm³/mol. The van der Waals surface area contributed by atoms with Gasteiger partial charge >= 0.3 is 11.8 Å². The third-order valence-corrected chi connectivity index (χ3v) is 5.41. The Hall–Kier alpha value is -4.08. The van der Waals surface area contributed by atoms with Gasteiger partial charge in [0.25, 0.3) is 0 Å². The molecule has 3 rings (SSSR count). The van der Waals surface area contributed by atoms with Crippen molar-refractivity contribution in [2.45, 2.75) is 12.8 Å². The van der Waals surface area contributed by atoms with Crippen LogP contribution in [0.3, 0.4) is 0 Å². The summed E-state index contributed by atoms with van der Waals surface area (Å²) in [6, 6.07) is 13.8. The van der Waals surface area contributed by atoms with Crippen LogP contribution in [0.1, 0.15) is 24.0 Å². The molecule has 34 heavy (non-hydrogen) atoms. The normalized spacial score (nSPS) is 13.6. The van der Waals surface area contributed by atoms with Crippen LogP contribution in [0.15, 0.2) is 48.5 Å². The Morgan fingerprint density at radius 1 is 0.706 bits per heavy atom. The third-order valence-electron chi connectivity index (χ3n) is 5.41. The molecule has 1 aliphatic heterocycles. The van der Waals surface area contributed by atoms with Crippen molar-refractivity contribution in [2.24, 2.45) is 11.5 Å². The van der Waals surface area contributed by atoms with Crippen LogP contribution in [0.2, 0.25) is 0 Å². The maximum absolute atomic E-state index is 12.4. The number of hydrogen-bond acceptors (Lipinski definition) is 6. The zero-order valence-electron chi connectivity index (χ0n) is 19.0. The van der Waals surface area contributed by atoms with Crippen molar-refractivity contribution < 1.29 is 19.1 Å². The van der Waals surface area contributed by atoms with E-state index in [-0.39, 0.29) is 11.7 Å². The van der Waals surface area contributed by atoms with Gasteiger partial charge in [-0.1, -0.05) is 0 Å². The molecular weight excluding hydrogens is 436 g/mol. The van der Waals surface area contributed by atoms with Crippen LogP contribution in [0.5, 0.6) is 11.5 Å². The molecular formula is C24H30N6O4. The number of carbonyl (C=O) groups excluding carboxylic acids is 2. The zero-order valence-corrected chi connectivity index (χ0v) is 19.0. The van der Waals surface area contributed by atoms with E-state index in [0.29, 0.717) is 74.9 Å². The van der Waals surface area contributed by atoms with E-state index < -0.39 is 11.8 Å². The monoisotopic (exact) mass is 466 g/mol. The molecule has 1 fully saturated rings. The average Bonchev–Trinajstić information content (AvgIpc) is 2.83. The molecule has 0 radical (unpaired) electrons. The average molecular weight is 467 g/mol. The number of nitrogens with two attached hydrogens (primary N) is 2. The number of nitrogens with zero attached hydrogens (tertiary/aromatic N) is 2. The van der Waals surface area contributed by atoms with Crippen LogP contribution in [0, 0.1) is 10.8 Å². The molecule has 0 aromatic heterocycles. The number of nitrogen functional groups attached to an aromatic ring is 2. The fraction of sp³-hybridized carbons (Fsp3) is 0.333. The maximum atomic E-state index is 12.4. The number of carbonyl (C=O) groups is 2. The van der Waals surface area contributed by atoms with Gasteiger partial charge in [-0.2, -0.15) is 0 Å². The molecule has 2 aromatic carbocycles. The molecule has 1 heterocycles. The van der Waals surface area contributed by atoms with Gasteiger partial charge in [0.05, 0.1) is 13.2 Å². The molecule has 0 atom stereocenters. The third kappa shape index (κ3) is 6.71. The summed E-state index contributed by atoms with van der Waals surface area (Å²) in [6.07, 6.45) is 1.20. The van der Waals surface area contributed by atoms with Gasteiger partial charge in [0.1, 0.15) is 23.2 Å². The first-order chi connectivity index (χ1) is 16.3. The van der Waals surface area contributed by atoms with E-state index in [2.05, 4.69) is 0 Å². The van der Waals surface area contributed by atoms with Crippen LogP contribution in [0.25, 0.3) is 0 Å². The van der Waals surface area contributed by atoms with E-state index in [1.807, 2.05) is 0 Å². The summed E-state index contributed by atoms with van der Waals surface area (Å²) in [7, 11) is 0. The van der Waals surface area contributed by atoms with Gasteiger partial charge in [0, 0.05) is 37.3 Å². The Kier molecular flexibility index (Phi) is 8.44. The van der Waals surface area contributed by atoms with Crippen molar-refractivity contribution >= 4 is 23.5 Å². The Morgan fingerprint density at radius 3 is 1.38 bits per heavy atom. The van der Waals surface area contributed by atoms with Gasteiger partial charge < -0.3 is 30.7 Å². The van der Waals surface area contributed by atoms with Gasteiger partial charge in [0.15, 0.2) is 0 Å². The summed E-state index contributed by atoms with van der Waals surface area (Å²) in [6.45, 7) is 2.70. The van der Waals surface area contributed by atoms with E-state index in [4.69, 9.17) is 31.8 Å². The second-order valence-corrected chi connectivity index (χ2v) is 7.86. The molecule has 0 spiro atoms. The second kappa shape index (κ2) is 11.7. The van der Waals surface area contributed by atoms with Gasteiger partial charge in [-0.15, -0.1) is 0 Å². The maximum Gasteiger partial charge on any atom is 0.312 e. The van der Waals surface area contributed by atoms with Crippen LogP contribution < -0.4 is 20.9 Å². The number of ether oxygens (including phenoxy) is 2. The van der Waals surface area contributed by atoms with E-state index in [1.54, 1.807) is 58.3 Å². The van der Waals surface area contributed by atoms with Crippen molar-refractivity contribution in [2.75, 3.05) is 39.4 Å². The van der Waals surface area contributed by atoms with Gasteiger partial charge in [0.2, 0.25) is 0 Å². The van der Waals surface area contributed by atoms with Gasteiger partial charge in [-0.3, -0.25) is 20.4 Å². The number of nitrogens with one attached hydrogen (secondary N) is 2. The summed E-state index contributed by atoms with van der Waals surface area (Å²) in [4.78, 5) is 28.0. The predicted octanol–water partition coefficient (Wildman–Crippen LogP) is 1.16. The lowest BCUT2D eigenvalue weighted by Crippen LogP contribution is -2.54. The molecule has 0 saturated carbocycles. The minimum Gasteiger partial charge on any atom is -0.494 e. The summed E-state index contributed by atoms with van der Waals surface area (Å²) < 4.78 is 11.3. The quantitative estimate of drug-likeness (QED) is 0.159. The van der Waals surface area contributed by atoms with Crippen molar-refractivity contribution in [3.63, 3.8) is 0 Å². The Labute approximate surface area is 198 Å². The molecule has 1 saturated heterocycles. The highest BCUT2D eigenvalue weighted by Crippen LogP contribution is 2.14. The van der Waals surface area contributed by atoms with E-state index >= 15 is 0 Å².